The summed E-state index contributed by atoms with van der Waals surface area (Å²) in [5.74, 6) is -1.29. The number of pyridine rings is 1. The van der Waals surface area contributed by atoms with Crippen molar-refractivity contribution >= 4 is 61.3 Å². The van der Waals surface area contributed by atoms with Gasteiger partial charge < -0.3 is 20.6 Å². The zero-order chi connectivity index (χ0) is 18.8. The minimum Gasteiger partial charge on any atom is -0.392 e. The summed E-state index contributed by atoms with van der Waals surface area (Å²) in [6.45, 7) is -1.19. The molecule has 1 amide bonds. The zero-order valence-corrected chi connectivity index (χ0v) is 15.0. The third-order valence-electron chi connectivity index (χ3n) is 3.96. The number of benzene rings is 1. The number of anilines is 1. The van der Waals surface area contributed by atoms with Gasteiger partial charge in [0.25, 0.3) is 0 Å². The van der Waals surface area contributed by atoms with Gasteiger partial charge >= 0.3 is 0 Å². The fourth-order valence-electron chi connectivity index (χ4n) is 2.73. The lowest BCUT2D eigenvalue weighted by Gasteiger charge is -2.08. The molecule has 1 aromatic carbocycles. The van der Waals surface area contributed by atoms with Gasteiger partial charge in [-0.05, 0) is 23.3 Å². The van der Waals surface area contributed by atoms with E-state index >= 15 is 0 Å². The van der Waals surface area contributed by atoms with Gasteiger partial charge in [-0.1, -0.05) is 0 Å². The molecule has 3 rings (SSSR count). The monoisotopic (exact) mass is 394 g/mol. The van der Waals surface area contributed by atoms with Crippen molar-refractivity contribution in [1.29, 1.82) is 0 Å². The predicted molar refractivity (Wildman–Crippen MR) is 99.7 cm³/mol. The molecule has 9 heteroatoms. The van der Waals surface area contributed by atoms with E-state index in [9.17, 15) is 24.9 Å². The molecule has 0 fully saturated rings. The number of carbonyl (C=O) groups excluding carboxylic acids is 2. The quantitative estimate of drug-likeness (QED) is 0.373. The lowest BCUT2D eigenvalue weighted by molar-refractivity contribution is -0.113. The number of aliphatic hydroxyl groups is 3. The summed E-state index contributed by atoms with van der Waals surface area (Å²) in [5.41, 5.74) is 1.95. The molecule has 0 spiro atoms. The first-order valence-corrected chi connectivity index (χ1v) is 8.97. The number of aliphatic hydroxyl groups excluding tert-OH is 3. The number of nitrogens with one attached hydrogen (secondary N) is 1. The first kappa shape index (κ1) is 18.7. The molecule has 0 saturated heterocycles. The van der Waals surface area contributed by atoms with Crippen molar-refractivity contribution in [2.24, 2.45) is 0 Å². The molecule has 7 nitrogen and oxygen atoms in total. The standard InChI is InChI=1S/C17H15ClN2O5S/c18-3-14(25)20-15-11-4-19-12-2-9(6-22)8(5-21)1-10(12)16(11)26-17(15)13(24)7-23/h1-2,4,21-23H,3,5-7H2,(H,20,25). The van der Waals surface area contributed by atoms with Crippen LogP contribution in [0.3, 0.4) is 0 Å². The van der Waals surface area contributed by atoms with Crippen molar-refractivity contribution in [3.8, 4) is 0 Å². The van der Waals surface area contributed by atoms with E-state index in [1.807, 2.05) is 0 Å². The van der Waals surface area contributed by atoms with E-state index in [2.05, 4.69) is 10.3 Å². The van der Waals surface area contributed by atoms with Gasteiger partial charge in [0.05, 0.1) is 29.3 Å². The maximum atomic E-state index is 12.1. The number of Topliss-reactive ketones (excluding diaryl/α,β-unsaturated/α-hetero) is 1. The van der Waals surface area contributed by atoms with E-state index in [0.717, 1.165) is 11.3 Å². The number of carbonyl (C=O) groups is 2. The van der Waals surface area contributed by atoms with Crippen molar-refractivity contribution in [1.82, 2.24) is 4.98 Å². The summed E-state index contributed by atoms with van der Waals surface area (Å²) in [5, 5.41) is 32.0. The highest BCUT2D eigenvalue weighted by Gasteiger charge is 2.21. The van der Waals surface area contributed by atoms with Crippen molar-refractivity contribution in [2.75, 3.05) is 17.8 Å². The molecule has 0 aliphatic carbocycles. The van der Waals surface area contributed by atoms with Crippen LogP contribution in [0.2, 0.25) is 0 Å². The summed E-state index contributed by atoms with van der Waals surface area (Å²) < 4.78 is 0.677. The highest BCUT2D eigenvalue weighted by molar-refractivity contribution is 7.22. The Hall–Kier alpha value is -2.10. The SMILES string of the molecule is O=C(CCl)Nc1c(C(=O)CO)sc2c1cnc1cc(CO)c(CO)cc12. The Kier molecular flexibility index (Phi) is 5.49. The lowest BCUT2D eigenvalue weighted by atomic mass is 10.0. The van der Waals surface area contributed by atoms with Crippen LogP contribution in [0.25, 0.3) is 21.0 Å². The maximum absolute atomic E-state index is 12.1. The lowest BCUT2D eigenvalue weighted by Crippen LogP contribution is -2.15. The van der Waals surface area contributed by atoms with E-state index in [1.165, 1.54) is 6.20 Å². The second-order valence-corrected chi connectivity index (χ2v) is 6.81. The molecular weight excluding hydrogens is 380 g/mol. The summed E-state index contributed by atoms with van der Waals surface area (Å²) in [7, 11) is 0. The van der Waals surface area contributed by atoms with Gasteiger partial charge in [0.2, 0.25) is 5.91 Å². The third kappa shape index (κ3) is 3.17. The highest BCUT2D eigenvalue weighted by atomic mass is 35.5. The Labute approximate surface area is 156 Å². The molecular formula is C17H15ClN2O5S. The van der Waals surface area contributed by atoms with Crippen molar-refractivity contribution in [3.63, 3.8) is 0 Å². The van der Waals surface area contributed by atoms with Crippen LogP contribution < -0.4 is 5.32 Å². The van der Waals surface area contributed by atoms with Crippen LogP contribution >= 0.6 is 22.9 Å². The minimum absolute atomic E-state index is 0.201. The predicted octanol–water partition coefficient (Wildman–Crippen LogP) is 1.79. The highest BCUT2D eigenvalue weighted by Crippen LogP contribution is 2.40. The van der Waals surface area contributed by atoms with Crippen molar-refractivity contribution in [3.05, 3.63) is 34.3 Å². The van der Waals surface area contributed by atoms with Crippen LogP contribution in [0.1, 0.15) is 20.8 Å². The number of nitrogens with zero attached hydrogens (tertiary/aromatic N) is 1. The maximum Gasteiger partial charge on any atom is 0.239 e. The average molecular weight is 395 g/mol. The second kappa shape index (κ2) is 7.65. The summed E-state index contributed by atoms with van der Waals surface area (Å²) in [6, 6.07) is 3.37. The molecule has 2 aromatic heterocycles. The van der Waals surface area contributed by atoms with Gasteiger partial charge in [-0.3, -0.25) is 14.6 Å². The van der Waals surface area contributed by atoms with Gasteiger partial charge in [0.1, 0.15) is 12.5 Å². The second-order valence-electron chi connectivity index (χ2n) is 5.52. The largest absolute Gasteiger partial charge is 0.392 e. The Morgan fingerprint density at radius 3 is 2.42 bits per heavy atom. The van der Waals surface area contributed by atoms with Crippen LogP contribution in [-0.4, -0.2) is 44.5 Å². The topological polar surface area (TPSA) is 120 Å². The van der Waals surface area contributed by atoms with E-state index in [1.54, 1.807) is 12.1 Å². The number of thiophene rings is 1. The van der Waals surface area contributed by atoms with Crippen LogP contribution in [0.5, 0.6) is 0 Å². The first-order valence-electron chi connectivity index (χ1n) is 7.62. The molecule has 0 atom stereocenters. The fraction of sp³-hybridized carbons (Fsp3) is 0.235. The normalized spacial score (nSPS) is 11.2. The number of alkyl halides is 1. The average Bonchev–Trinajstić information content (AvgIpc) is 3.04. The van der Waals surface area contributed by atoms with Crippen LogP contribution in [0.4, 0.5) is 5.69 Å². The minimum atomic E-state index is -0.696. The summed E-state index contributed by atoms with van der Waals surface area (Å²) in [4.78, 5) is 28.4. The number of hydrogen-bond donors (Lipinski definition) is 4. The number of ketones is 1. The molecule has 0 saturated carbocycles. The number of halogens is 1. The number of rotatable bonds is 6. The molecule has 0 aliphatic rings. The van der Waals surface area contributed by atoms with E-state index in [0.29, 0.717) is 32.1 Å². The number of aromatic nitrogens is 1. The number of fused-ring (bicyclic) bond motifs is 3. The van der Waals surface area contributed by atoms with Crippen molar-refractivity contribution < 1.29 is 24.9 Å². The summed E-state index contributed by atoms with van der Waals surface area (Å²) >= 11 is 6.66. The molecule has 0 aliphatic heterocycles. The molecule has 136 valence electrons. The first-order chi connectivity index (χ1) is 12.5. The van der Waals surface area contributed by atoms with Crippen LogP contribution in [0, 0.1) is 0 Å². The Morgan fingerprint density at radius 1 is 1.12 bits per heavy atom. The Balaban J connectivity index is 2.33. The van der Waals surface area contributed by atoms with Gasteiger partial charge in [-0.2, -0.15) is 0 Å². The molecule has 0 unspecified atom stereocenters. The van der Waals surface area contributed by atoms with E-state index in [4.69, 9.17) is 11.6 Å². The smallest absolute Gasteiger partial charge is 0.239 e. The van der Waals surface area contributed by atoms with Gasteiger partial charge in [-0.15, -0.1) is 22.9 Å². The zero-order valence-electron chi connectivity index (χ0n) is 13.5. The Bertz CT molecular complexity index is 1020. The van der Waals surface area contributed by atoms with E-state index < -0.39 is 18.3 Å². The Morgan fingerprint density at radius 2 is 1.81 bits per heavy atom. The van der Waals surface area contributed by atoms with Gasteiger partial charge in [0.15, 0.2) is 5.78 Å². The molecule has 0 bridgehead atoms. The number of amides is 1. The third-order valence-corrected chi connectivity index (χ3v) is 5.49. The van der Waals surface area contributed by atoms with Crippen LogP contribution in [0.15, 0.2) is 18.3 Å². The van der Waals surface area contributed by atoms with Gasteiger partial charge in [0, 0.05) is 21.7 Å². The van der Waals surface area contributed by atoms with Gasteiger partial charge in [-0.25, -0.2) is 0 Å². The summed E-state index contributed by atoms with van der Waals surface area (Å²) in [6.07, 6.45) is 1.52. The molecule has 0 radical (unpaired) electrons. The van der Waals surface area contributed by atoms with E-state index in [-0.39, 0.29) is 29.7 Å². The fourth-order valence-corrected chi connectivity index (χ4v) is 3.98. The molecule has 4 N–H and O–H groups in total. The molecule has 2 heterocycles. The molecule has 3 aromatic rings. The number of hydrogen-bond acceptors (Lipinski definition) is 7. The van der Waals surface area contributed by atoms with Crippen molar-refractivity contribution in [2.45, 2.75) is 13.2 Å². The van der Waals surface area contributed by atoms with Crippen LogP contribution in [-0.2, 0) is 18.0 Å². The molecule has 26 heavy (non-hydrogen) atoms.